The second-order valence-corrected chi connectivity index (χ2v) is 4.63. The van der Waals surface area contributed by atoms with Gasteiger partial charge in [-0.15, -0.1) is 0 Å². The molecule has 0 spiro atoms. The van der Waals surface area contributed by atoms with E-state index in [0.717, 1.165) is 10.0 Å². The van der Waals surface area contributed by atoms with Crippen LogP contribution < -0.4 is 5.73 Å². The highest BCUT2D eigenvalue weighted by molar-refractivity contribution is 9.10. The quantitative estimate of drug-likeness (QED) is 0.849. The molecule has 0 unspecified atom stereocenters. The molecule has 0 amide bonds. The minimum atomic E-state index is -0.231. The number of imidazole rings is 1. The van der Waals surface area contributed by atoms with E-state index in [9.17, 15) is 4.79 Å². The van der Waals surface area contributed by atoms with E-state index < -0.39 is 0 Å². The van der Waals surface area contributed by atoms with Crippen molar-refractivity contribution in [3.63, 3.8) is 0 Å². The number of nitrogen functional groups attached to an aromatic ring is 1. The van der Waals surface area contributed by atoms with Crippen molar-refractivity contribution in [3.8, 4) is 11.3 Å². The van der Waals surface area contributed by atoms with Crippen LogP contribution in [0.25, 0.3) is 11.3 Å². The van der Waals surface area contributed by atoms with E-state index in [-0.39, 0.29) is 18.2 Å². The lowest BCUT2D eigenvalue weighted by atomic mass is 10.1. The lowest BCUT2D eigenvalue weighted by molar-refractivity contribution is 0.0838. The largest absolute Gasteiger partial charge is 0.382 e. The summed E-state index contributed by atoms with van der Waals surface area (Å²) in [6.45, 7) is -0.0229. The molecule has 5 nitrogen and oxygen atoms in total. The number of halogens is 1. The van der Waals surface area contributed by atoms with Crippen molar-refractivity contribution < 1.29 is 9.53 Å². The first-order valence-corrected chi connectivity index (χ1v) is 6.04. The molecule has 0 bridgehead atoms. The standard InChI is InChI=1S/C12H12BrN3O2/c1-18-6-9(17)12-15-10(11(14)16-12)7-3-2-4-8(13)5-7/h2-5H,6,14H2,1H3,(H,15,16). The molecule has 0 saturated heterocycles. The molecule has 1 aromatic heterocycles. The Labute approximate surface area is 112 Å². The second kappa shape index (κ2) is 5.32. The van der Waals surface area contributed by atoms with Gasteiger partial charge in [0.2, 0.25) is 5.78 Å². The summed E-state index contributed by atoms with van der Waals surface area (Å²) in [5, 5.41) is 0. The first kappa shape index (κ1) is 12.8. The Hall–Kier alpha value is -1.66. The van der Waals surface area contributed by atoms with Gasteiger partial charge in [-0.3, -0.25) is 4.79 Å². The number of H-pyrrole nitrogens is 1. The van der Waals surface area contributed by atoms with E-state index >= 15 is 0 Å². The molecule has 0 aliphatic rings. The van der Waals surface area contributed by atoms with Crippen molar-refractivity contribution in [1.29, 1.82) is 0 Å². The number of ether oxygens (including phenoxy) is 1. The van der Waals surface area contributed by atoms with E-state index in [1.165, 1.54) is 7.11 Å². The van der Waals surface area contributed by atoms with Crippen molar-refractivity contribution in [2.45, 2.75) is 0 Å². The Morgan fingerprint density at radius 2 is 2.33 bits per heavy atom. The number of carbonyl (C=O) groups excluding carboxylic acids is 1. The Kier molecular flexibility index (Phi) is 3.78. The number of carbonyl (C=O) groups is 1. The van der Waals surface area contributed by atoms with Crippen LogP contribution >= 0.6 is 15.9 Å². The van der Waals surface area contributed by atoms with Gasteiger partial charge in [-0.05, 0) is 12.1 Å². The van der Waals surface area contributed by atoms with Crippen LogP contribution in [0.15, 0.2) is 28.7 Å². The van der Waals surface area contributed by atoms with Crippen LogP contribution in [-0.4, -0.2) is 29.5 Å². The average molecular weight is 310 g/mol. The van der Waals surface area contributed by atoms with Crippen molar-refractivity contribution in [2.75, 3.05) is 19.5 Å². The summed E-state index contributed by atoms with van der Waals surface area (Å²) >= 11 is 3.38. The van der Waals surface area contributed by atoms with Crippen LogP contribution in [0.4, 0.5) is 5.82 Å². The number of Topliss-reactive ketones (excluding diaryl/α,β-unsaturated/α-hetero) is 1. The zero-order valence-corrected chi connectivity index (χ0v) is 11.3. The number of hydrogen-bond donors (Lipinski definition) is 2. The fourth-order valence-corrected chi connectivity index (χ4v) is 1.98. The predicted molar refractivity (Wildman–Crippen MR) is 72.3 cm³/mol. The maximum absolute atomic E-state index is 11.6. The van der Waals surface area contributed by atoms with Gasteiger partial charge in [-0.25, -0.2) is 4.98 Å². The van der Waals surface area contributed by atoms with Gasteiger partial charge in [-0.1, -0.05) is 28.1 Å². The third-order valence-corrected chi connectivity index (χ3v) is 2.88. The number of ketones is 1. The highest BCUT2D eigenvalue weighted by Crippen LogP contribution is 2.26. The van der Waals surface area contributed by atoms with Crippen LogP contribution in [0.1, 0.15) is 10.6 Å². The van der Waals surface area contributed by atoms with E-state index in [0.29, 0.717) is 11.5 Å². The van der Waals surface area contributed by atoms with Gasteiger partial charge in [0.15, 0.2) is 5.82 Å². The van der Waals surface area contributed by atoms with Crippen LogP contribution in [-0.2, 0) is 4.74 Å². The molecule has 0 saturated carbocycles. The molecule has 0 aliphatic heterocycles. The normalized spacial score (nSPS) is 10.6. The molecule has 18 heavy (non-hydrogen) atoms. The molecule has 1 heterocycles. The summed E-state index contributed by atoms with van der Waals surface area (Å²) in [6.07, 6.45) is 0. The number of methoxy groups -OCH3 is 1. The highest BCUT2D eigenvalue weighted by atomic mass is 79.9. The van der Waals surface area contributed by atoms with Gasteiger partial charge in [0.05, 0.1) is 5.69 Å². The summed E-state index contributed by atoms with van der Waals surface area (Å²) in [6, 6.07) is 7.58. The predicted octanol–water partition coefficient (Wildman–Crippen LogP) is 2.25. The topological polar surface area (TPSA) is 81.0 Å². The van der Waals surface area contributed by atoms with E-state index in [1.807, 2.05) is 24.3 Å². The SMILES string of the molecule is COCC(=O)c1nc(N)c(-c2cccc(Br)c2)[nH]1. The lowest BCUT2D eigenvalue weighted by Gasteiger charge is -1.99. The average Bonchev–Trinajstić information content (AvgIpc) is 2.72. The maximum Gasteiger partial charge on any atom is 0.223 e. The van der Waals surface area contributed by atoms with E-state index in [2.05, 4.69) is 25.9 Å². The smallest absolute Gasteiger partial charge is 0.223 e. The van der Waals surface area contributed by atoms with Crippen molar-refractivity contribution in [2.24, 2.45) is 0 Å². The van der Waals surface area contributed by atoms with Crippen molar-refractivity contribution in [3.05, 3.63) is 34.6 Å². The number of nitrogens with zero attached hydrogens (tertiary/aromatic N) is 1. The second-order valence-electron chi connectivity index (χ2n) is 3.71. The minimum Gasteiger partial charge on any atom is -0.382 e. The fourth-order valence-electron chi connectivity index (χ4n) is 1.58. The van der Waals surface area contributed by atoms with Gasteiger partial charge in [0.25, 0.3) is 0 Å². The molecular formula is C12H12BrN3O2. The van der Waals surface area contributed by atoms with Crippen molar-refractivity contribution in [1.82, 2.24) is 9.97 Å². The molecule has 6 heteroatoms. The number of hydrogen-bond acceptors (Lipinski definition) is 4. The summed E-state index contributed by atoms with van der Waals surface area (Å²) in [4.78, 5) is 18.6. The van der Waals surface area contributed by atoms with Gasteiger partial charge in [0.1, 0.15) is 12.4 Å². The van der Waals surface area contributed by atoms with Crippen molar-refractivity contribution >= 4 is 27.5 Å². The summed E-state index contributed by atoms with van der Waals surface area (Å²) in [7, 11) is 1.46. The van der Waals surface area contributed by atoms with Gasteiger partial charge in [0, 0.05) is 17.1 Å². The van der Waals surface area contributed by atoms with Crippen LogP contribution in [0.2, 0.25) is 0 Å². The Balaban J connectivity index is 2.38. The van der Waals surface area contributed by atoms with Gasteiger partial charge in [-0.2, -0.15) is 0 Å². The number of rotatable bonds is 4. The Morgan fingerprint density at radius 1 is 1.56 bits per heavy atom. The first-order chi connectivity index (χ1) is 8.61. The monoisotopic (exact) mass is 309 g/mol. The van der Waals surface area contributed by atoms with Crippen LogP contribution in [0.5, 0.6) is 0 Å². The van der Waals surface area contributed by atoms with Crippen LogP contribution in [0, 0.1) is 0 Å². The molecule has 0 radical (unpaired) electrons. The number of aromatic nitrogens is 2. The minimum absolute atomic E-state index is 0.0229. The molecule has 1 aromatic carbocycles. The molecule has 0 atom stereocenters. The Bertz CT molecular complexity index is 580. The van der Waals surface area contributed by atoms with Gasteiger partial charge < -0.3 is 15.5 Å². The van der Waals surface area contributed by atoms with E-state index in [1.54, 1.807) is 0 Å². The third-order valence-electron chi connectivity index (χ3n) is 2.38. The molecule has 2 rings (SSSR count). The van der Waals surface area contributed by atoms with Gasteiger partial charge >= 0.3 is 0 Å². The zero-order valence-electron chi connectivity index (χ0n) is 9.74. The number of nitrogens with two attached hydrogens (primary N) is 1. The first-order valence-electron chi connectivity index (χ1n) is 5.25. The fraction of sp³-hybridized carbons (Fsp3) is 0.167. The highest BCUT2D eigenvalue weighted by Gasteiger charge is 2.15. The molecule has 0 fully saturated rings. The number of anilines is 1. The van der Waals surface area contributed by atoms with E-state index in [4.69, 9.17) is 10.5 Å². The summed E-state index contributed by atoms with van der Waals surface area (Å²) < 4.78 is 5.70. The maximum atomic E-state index is 11.6. The lowest BCUT2D eigenvalue weighted by Crippen LogP contribution is -2.08. The van der Waals surface area contributed by atoms with Crippen LogP contribution in [0.3, 0.4) is 0 Å². The molecular weight excluding hydrogens is 298 g/mol. The third kappa shape index (κ3) is 2.60. The molecule has 94 valence electrons. The number of aromatic amines is 1. The molecule has 3 N–H and O–H groups in total. The summed E-state index contributed by atoms with van der Waals surface area (Å²) in [5.74, 6) is 0.280. The molecule has 2 aromatic rings. The Morgan fingerprint density at radius 3 is 3.00 bits per heavy atom. The number of nitrogens with one attached hydrogen (secondary N) is 1. The summed E-state index contributed by atoms with van der Waals surface area (Å²) in [5.41, 5.74) is 7.31. The molecule has 0 aliphatic carbocycles. The zero-order chi connectivity index (χ0) is 13.1. The number of benzene rings is 1.